The largest absolute Gasteiger partial charge is 0.378 e. The van der Waals surface area contributed by atoms with E-state index in [1.807, 2.05) is 0 Å². The van der Waals surface area contributed by atoms with Crippen LogP contribution in [0, 0.1) is 5.82 Å². The lowest BCUT2D eigenvalue weighted by Gasteiger charge is -2.23. The number of nitrogens with one attached hydrogen (secondary N) is 2. The van der Waals surface area contributed by atoms with Crippen LogP contribution >= 0.6 is 24.2 Å². The summed E-state index contributed by atoms with van der Waals surface area (Å²) in [6.07, 6.45) is -2.29. The van der Waals surface area contributed by atoms with Crippen LogP contribution in [0.15, 0.2) is 23.1 Å². The predicted octanol–water partition coefficient (Wildman–Crippen LogP) is 2.92. The molecule has 0 spiro atoms. The SMILES string of the molecule is Cl.O=C(CC1COCCN1)Nc1cc(F)ccc1SCC(F)F. The Morgan fingerprint density at radius 2 is 2.26 bits per heavy atom. The standard InChI is InChI=1S/C14H17F3N2O2S.ClH/c15-9-1-2-12(22-8-13(16)17)11(5-9)19-14(20)6-10-7-21-4-3-18-10;/h1-2,5,10,13,18H,3-4,6-8H2,(H,19,20);1H. The Morgan fingerprint density at radius 1 is 1.48 bits per heavy atom. The van der Waals surface area contributed by atoms with Gasteiger partial charge in [-0.05, 0) is 18.2 Å². The molecule has 0 radical (unpaired) electrons. The van der Waals surface area contributed by atoms with Crippen LogP contribution in [0.1, 0.15) is 6.42 Å². The third kappa shape index (κ3) is 6.99. The van der Waals surface area contributed by atoms with Crippen molar-refractivity contribution in [3.8, 4) is 0 Å². The van der Waals surface area contributed by atoms with Crippen molar-refractivity contribution in [1.29, 1.82) is 0 Å². The molecule has 0 bridgehead atoms. The van der Waals surface area contributed by atoms with Gasteiger partial charge in [0, 0.05) is 23.9 Å². The lowest BCUT2D eigenvalue weighted by Crippen LogP contribution is -2.43. The van der Waals surface area contributed by atoms with Crippen molar-refractivity contribution in [2.24, 2.45) is 0 Å². The average molecular weight is 371 g/mol. The van der Waals surface area contributed by atoms with E-state index in [1.165, 1.54) is 12.1 Å². The molecule has 1 atom stereocenters. The second-order valence-electron chi connectivity index (χ2n) is 4.82. The highest BCUT2D eigenvalue weighted by atomic mass is 35.5. The van der Waals surface area contributed by atoms with Gasteiger partial charge in [-0.3, -0.25) is 4.79 Å². The highest BCUT2D eigenvalue weighted by Gasteiger charge is 2.18. The molecular weight excluding hydrogens is 353 g/mol. The minimum Gasteiger partial charge on any atom is -0.378 e. The molecule has 23 heavy (non-hydrogen) atoms. The number of rotatable bonds is 6. The topological polar surface area (TPSA) is 50.4 Å². The Labute approximate surface area is 142 Å². The number of morpholine rings is 1. The van der Waals surface area contributed by atoms with Crippen molar-refractivity contribution >= 4 is 35.8 Å². The van der Waals surface area contributed by atoms with Gasteiger partial charge in [0.15, 0.2) is 0 Å². The monoisotopic (exact) mass is 370 g/mol. The van der Waals surface area contributed by atoms with E-state index in [9.17, 15) is 18.0 Å². The summed E-state index contributed by atoms with van der Waals surface area (Å²) in [6.45, 7) is 1.72. The number of amides is 1. The smallest absolute Gasteiger partial charge is 0.247 e. The van der Waals surface area contributed by atoms with E-state index in [-0.39, 0.29) is 36.5 Å². The second kappa shape index (κ2) is 10.0. The number of halogens is 4. The number of ether oxygens (including phenoxy) is 1. The first-order valence-electron chi connectivity index (χ1n) is 6.86. The van der Waals surface area contributed by atoms with Gasteiger partial charge in [0.2, 0.25) is 12.3 Å². The van der Waals surface area contributed by atoms with Gasteiger partial charge in [0.25, 0.3) is 0 Å². The number of carbonyl (C=O) groups excluding carboxylic acids is 1. The van der Waals surface area contributed by atoms with E-state index in [0.717, 1.165) is 17.8 Å². The highest BCUT2D eigenvalue weighted by Crippen LogP contribution is 2.29. The van der Waals surface area contributed by atoms with E-state index >= 15 is 0 Å². The first-order chi connectivity index (χ1) is 10.5. The minimum absolute atomic E-state index is 0. The van der Waals surface area contributed by atoms with E-state index < -0.39 is 18.0 Å². The third-order valence-electron chi connectivity index (χ3n) is 3.01. The fourth-order valence-electron chi connectivity index (χ4n) is 2.05. The summed E-state index contributed by atoms with van der Waals surface area (Å²) in [6, 6.07) is 3.61. The Morgan fingerprint density at radius 3 is 2.91 bits per heavy atom. The summed E-state index contributed by atoms with van der Waals surface area (Å²) < 4.78 is 43.2. The maximum Gasteiger partial charge on any atom is 0.247 e. The van der Waals surface area contributed by atoms with Crippen LogP contribution in [0.4, 0.5) is 18.9 Å². The molecule has 1 aliphatic rings. The lowest BCUT2D eigenvalue weighted by atomic mass is 10.2. The van der Waals surface area contributed by atoms with Crippen LogP contribution in [0.25, 0.3) is 0 Å². The van der Waals surface area contributed by atoms with Crippen molar-refractivity contribution in [2.75, 3.05) is 30.8 Å². The van der Waals surface area contributed by atoms with Crippen LogP contribution in [-0.2, 0) is 9.53 Å². The lowest BCUT2D eigenvalue weighted by molar-refractivity contribution is -0.117. The number of benzene rings is 1. The third-order valence-corrected chi connectivity index (χ3v) is 4.10. The van der Waals surface area contributed by atoms with Gasteiger partial charge in [0.05, 0.1) is 24.7 Å². The quantitative estimate of drug-likeness (QED) is 0.756. The summed E-state index contributed by atoms with van der Waals surface area (Å²) in [5, 5.41) is 5.72. The number of carbonyl (C=O) groups is 1. The first kappa shape index (κ1) is 20.1. The zero-order valence-corrected chi connectivity index (χ0v) is 13.8. The van der Waals surface area contributed by atoms with Crippen LogP contribution in [-0.4, -0.2) is 43.9 Å². The fourth-order valence-corrected chi connectivity index (χ4v) is 2.79. The maximum atomic E-state index is 13.3. The zero-order valence-electron chi connectivity index (χ0n) is 12.2. The van der Waals surface area contributed by atoms with Crippen molar-refractivity contribution < 1.29 is 22.7 Å². The number of anilines is 1. The predicted molar refractivity (Wildman–Crippen MR) is 86.2 cm³/mol. The molecule has 0 aliphatic carbocycles. The van der Waals surface area contributed by atoms with Crippen molar-refractivity contribution in [3.05, 3.63) is 24.0 Å². The molecule has 2 N–H and O–H groups in total. The molecule has 9 heteroatoms. The molecular formula is C14H18ClF3N2O2S. The van der Waals surface area contributed by atoms with Crippen molar-refractivity contribution in [2.45, 2.75) is 23.8 Å². The Kier molecular flexibility index (Phi) is 8.75. The molecule has 0 saturated carbocycles. The highest BCUT2D eigenvalue weighted by molar-refractivity contribution is 7.99. The second-order valence-corrected chi connectivity index (χ2v) is 5.88. The molecule has 1 unspecified atom stereocenters. The summed E-state index contributed by atoms with van der Waals surface area (Å²) in [7, 11) is 0. The number of thioether (sulfide) groups is 1. The number of alkyl halides is 2. The molecule has 0 aromatic heterocycles. The molecule has 1 aromatic rings. The van der Waals surface area contributed by atoms with E-state index in [4.69, 9.17) is 4.74 Å². The summed E-state index contributed by atoms with van der Waals surface area (Å²) in [5.41, 5.74) is 0.215. The van der Waals surface area contributed by atoms with Gasteiger partial charge < -0.3 is 15.4 Å². The van der Waals surface area contributed by atoms with Crippen LogP contribution in [0.2, 0.25) is 0 Å². The number of hydrogen-bond donors (Lipinski definition) is 2. The van der Waals surface area contributed by atoms with Gasteiger partial charge in [-0.2, -0.15) is 0 Å². The normalized spacial score (nSPS) is 17.7. The van der Waals surface area contributed by atoms with Crippen LogP contribution < -0.4 is 10.6 Å². The minimum atomic E-state index is -2.47. The van der Waals surface area contributed by atoms with Gasteiger partial charge >= 0.3 is 0 Å². The zero-order chi connectivity index (χ0) is 15.9. The molecule has 1 aromatic carbocycles. The number of hydrogen-bond acceptors (Lipinski definition) is 4. The molecule has 1 heterocycles. The summed E-state index contributed by atoms with van der Waals surface area (Å²) in [5.74, 6) is -1.25. The maximum absolute atomic E-state index is 13.3. The Hall–Kier alpha value is -0.960. The average Bonchev–Trinajstić information content (AvgIpc) is 2.47. The van der Waals surface area contributed by atoms with Gasteiger partial charge in [0.1, 0.15) is 5.82 Å². The van der Waals surface area contributed by atoms with Gasteiger partial charge in [-0.15, -0.1) is 24.2 Å². The Bertz CT molecular complexity index is 517. The molecule has 130 valence electrons. The van der Waals surface area contributed by atoms with Gasteiger partial charge in [-0.25, -0.2) is 13.2 Å². The van der Waals surface area contributed by atoms with E-state index in [0.29, 0.717) is 24.7 Å². The first-order valence-corrected chi connectivity index (χ1v) is 7.84. The summed E-state index contributed by atoms with van der Waals surface area (Å²) in [4.78, 5) is 12.4. The summed E-state index contributed by atoms with van der Waals surface area (Å²) >= 11 is 0.880. The van der Waals surface area contributed by atoms with Crippen molar-refractivity contribution in [1.82, 2.24) is 5.32 Å². The molecule has 1 aliphatic heterocycles. The van der Waals surface area contributed by atoms with E-state index in [1.54, 1.807) is 0 Å². The van der Waals surface area contributed by atoms with E-state index in [2.05, 4.69) is 10.6 Å². The molecule has 1 saturated heterocycles. The van der Waals surface area contributed by atoms with Crippen molar-refractivity contribution in [3.63, 3.8) is 0 Å². The fraction of sp³-hybridized carbons (Fsp3) is 0.500. The Balaban J connectivity index is 0.00000264. The van der Waals surface area contributed by atoms with Crippen LogP contribution in [0.5, 0.6) is 0 Å². The molecule has 1 fully saturated rings. The molecule has 4 nitrogen and oxygen atoms in total. The van der Waals surface area contributed by atoms with Crippen LogP contribution in [0.3, 0.4) is 0 Å². The van der Waals surface area contributed by atoms with Gasteiger partial charge in [-0.1, -0.05) is 0 Å². The molecule has 2 rings (SSSR count). The molecule has 1 amide bonds.